The topological polar surface area (TPSA) is 38.3 Å². The number of hydrogen-bond donors (Lipinski definition) is 1. The Morgan fingerprint density at radius 3 is 2.25 bits per heavy atom. The van der Waals surface area contributed by atoms with Crippen LogP contribution in [0.1, 0.15) is 38.5 Å². The van der Waals surface area contributed by atoms with Gasteiger partial charge in [0.25, 0.3) is 0 Å². The lowest BCUT2D eigenvalue weighted by Gasteiger charge is -2.07. The molecule has 24 heavy (non-hydrogen) atoms. The summed E-state index contributed by atoms with van der Waals surface area (Å²) in [5.74, 6) is 2.17. The third-order valence-corrected chi connectivity index (χ3v) is 5.14. The zero-order valence-electron chi connectivity index (χ0n) is 14.4. The molecule has 2 unspecified atom stereocenters. The maximum Gasteiger partial charge on any atom is 0.228 e. The van der Waals surface area contributed by atoms with E-state index in [2.05, 4.69) is 29.6 Å². The molecule has 0 aliphatic heterocycles. The van der Waals surface area contributed by atoms with Crippen molar-refractivity contribution in [3.05, 3.63) is 48.6 Å². The monoisotopic (exact) mass is 325 g/mol. The second kappa shape index (κ2) is 8.18. The number of anilines is 1. The molecular weight excluding hydrogens is 298 g/mol. The van der Waals surface area contributed by atoms with E-state index in [1.165, 1.54) is 0 Å². The molecule has 0 radical (unpaired) electrons. The molecule has 0 saturated heterocycles. The number of carbonyl (C=O) groups excluding carboxylic acids is 1. The van der Waals surface area contributed by atoms with Crippen molar-refractivity contribution in [2.24, 2.45) is 17.8 Å². The van der Waals surface area contributed by atoms with Crippen molar-refractivity contribution in [3.8, 4) is 5.75 Å². The van der Waals surface area contributed by atoms with Crippen LogP contribution in [0.4, 0.5) is 5.69 Å². The average Bonchev–Trinajstić information content (AvgIpc) is 3.27. The molecule has 1 amide bonds. The fraction of sp³-hybridized carbons (Fsp3) is 0.476. The number of fused-ring (bicyclic) bond motifs is 1. The third-order valence-electron chi connectivity index (χ3n) is 5.14. The van der Waals surface area contributed by atoms with Gasteiger partial charge >= 0.3 is 0 Å². The smallest absolute Gasteiger partial charge is 0.228 e. The average molecular weight is 325 g/mol. The molecule has 1 aromatic carbocycles. The maximum absolute atomic E-state index is 12.7. The Bertz CT molecular complexity index is 596. The van der Waals surface area contributed by atoms with Gasteiger partial charge in [-0.3, -0.25) is 4.79 Å². The summed E-state index contributed by atoms with van der Waals surface area (Å²) in [6, 6.07) is 7.58. The minimum Gasteiger partial charge on any atom is -0.497 e. The molecule has 1 saturated carbocycles. The van der Waals surface area contributed by atoms with Crippen LogP contribution in [0, 0.1) is 17.8 Å². The van der Waals surface area contributed by atoms with Crippen LogP contribution in [0.3, 0.4) is 0 Å². The van der Waals surface area contributed by atoms with Crippen molar-refractivity contribution in [3.63, 3.8) is 0 Å². The van der Waals surface area contributed by atoms with E-state index in [0.717, 1.165) is 50.0 Å². The van der Waals surface area contributed by atoms with Gasteiger partial charge in [-0.2, -0.15) is 0 Å². The highest BCUT2D eigenvalue weighted by Crippen LogP contribution is 2.52. The summed E-state index contributed by atoms with van der Waals surface area (Å²) in [5.41, 5.74) is 0.821. The minimum atomic E-state index is 0.166. The van der Waals surface area contributed by atoms with E-state index in [1.807, 2.05) is 24.3 Å². The van der Waals surface area contributed by atoms with Crippen LogP contribution >= 0.6 is 0 Å². The van der Waals surface area contributed by atoms with Gasteiger partial charge in [-0.1, -0.05) is 30.4 Å². The highest BCUT2D eigenvalue weighted by Gasteiger charge is 2.52. The SMILES string of the molecule is COc1cccc(NC(=O)C2C3CCC=CCCC=CCCC32)c1. The molecule has 0 spiro atoms. The van der Waals surface area contributed by atoms with Gasteiger partial charge < -0.3 is 10.1 Å². The number of methoxy groups -OCH3 is 1. The summed E-state index contributed by atoms with van der Waals surface area (Å²) in [6.07, 6.45) is 15.8. The molecule has 1 aromatic rings. The van der Waals surface area contributed by atoms with Crippen LogP contribution in [-0.2, 0) is 4.79 Å². The number of benzene rings is 1. The van der Waals surface area contributed by atoms with Crippen LogP contribution in [0.15, 0.2) is 48.6 Å². The zero-order valence-corrected chi connectivity index (χ0v) is 14.4. The van der Waals surface area contributed by atoms with Gasteiger partial charge in [0.15, 0.2) is 0 Å². The quantitative estimate of drug-likeness (QED) is 0.797. The predicted octanol–water partition coefficient (Wildman–Crippen LogP) is 4.96. The third kappa shape index (κ3) is 4.28. The molecule has 2 aliphatic carbocycles. The van der Waals surface area contributed by atoms with Crippen molar-refractivity contribution >= 4 is 11.6 Å². The highest BCUT2D eigenvalue weighted by molar-refractivity contribution is 5.95. The second-order valence-corrected chi connectivity index (χ2v) is 6.75. The van der Waals surface area contributed by atoms with Crippen LogP contribution < -0.4 is 10.1 Å². The highest BCUT2D eigenvalue weighted by atomic mass is 16.5. The van der Waals surface area contributed by atoms with Crippen LogP contribution in [0.25, 0.3) is 0 Å². The van der Waals surface area contributed by atoms with Crippen molar-refractivity contribution < 1.29 is 9.53 Å². The van der Waals surface area contributed by atoms with Crippen LogP contribution in [0.2, 0.25) is 0 Å². The maximum atomic E-state index is 12.7. The van der Waals surface area contributed by atoms with Crippen molar-refractivity contribution in [2.75, 3.05) is 12.4 Å². The summed E-state index contributed by atoms with van der Waals surface area (Å²) in [6.45, 7) is 0. The van der Waals surface area contributed by atoms with Gasteiger partial charge in [0.1, 0.15) is 5.75 Å². The van der Waals surface area contributed by atoms with Gasteiger partial charge in [-0.15, -0.1) is 0 Å². The normalized spacial score (nSPS) is 26.6. The fourth-order valence-electron chi connectivity index (χ4n) is 3.79. The summed E-state index contributed by atoms with van der Waals surface area (Å²) in [7, 11) is 1.64. The van der Waals surface area contributed by atoms with Gasteiger partial charge in [0.2, 0.25) is 5.91 Å². The lowest BCUT2D eigenvalue weighted by molar-refractivity contribution is -0.117. The van der Waals surface area contributed by atoms with Crippen molar-refractivity contribution in [1.82, 2.24) is 0 Å². The number of allylic oxidation sites excluding steroid dienone is 4. The molecule has 3 rings (SSSR count). The largest absolute Gasteiger partial charge is 0.497 e. The fourth-order valence-corrected chi connectivity index (χ4v) is 3.79. The summed E-state index contributed by atoms with van der Waals surface area (Å²) < 4.78 is 5.23. The summed E-state index contributed by atoms with van der Waals surface area (Å²) in [4.78, 5) is 12.7. The zero-order chi connectivity index (χ0) is 16.8. The Balaban J connectivity index is 1.61. The minimum absolute atomic E-state index is 0.166. The Labute approximate surface area is 144 Å². The van der Waals surface area contributed by atoms with Crippen molar-refractivity contribution in [2.45, 2.75) is 38.5 Å². The Hall–Kier alpha value is -2.03. The molecule has 0 heterocycles. The molecule has 2 aliphatic rings. The number of hydrogen-bond acceptors (Lipinski definition) is 2. The number of carbonyl (C=O) groups is 1. The summed E-state index contributed by atoms with van der Waals surface area (Å²) >= 11 is 0. The van der Waals surface area contributed by atoms with E-state index in [1.54, 1.807) is 7.11 Å². The predicted molar refractivity (Wildman–Crippen MR) is 98.1 cm³/mol. The number of rotatable bonds is 3. The molecule has 2 atom stereocenters. The summed E-state index contributed by atoms with van der Waals surface area (Å²) in [5, 5.41) is 3.08. The van der Waals surface area contributed by atoms with E-state index in [0.29, 0.717) is 11.8 Å². The lowest BCUT2D eigenvalue weighted by Crippen LogP contribution is -2.15. The molecule has 128 valence electrons. The van der Waals surface area contributed by atoms with E-state index >= 15 is 0 Å². The van der Waals surface area contributed by atoms with Gasteiger partial charge in [-0.25, -0.2) is 0 Å². The van der Waals surface area contributed by atoms with E-state index in [4.69, 9.17) is 4.74 Å². The van der Waals surface area contributed by atoms with Crippen LogP contribution in [0.5, 0.6) is 5.75 Å². The number of nitrogens with one attached hydrogen (secondary N) is 1. The molecule has 3 heteroatoms. The number of ether oxygens (including phenoxy) is 1. The Morgan fingerprint density at radius 1 is 1.00 bits per heavy atom. The molecular formula is C21H27NO2. The molecule has 0 aromatic heterocycles. The second-order valence-electron chi connectivity index (χ2n) is 6.75. The van der Waals surface area contributed by atoms with Gasteiger partial charge in [0.05, 0.1) is 7.11 Å². The standard InChI is InChI=1S/C21H27NO2/c1-24-17-12-10-11-16(15-17)22-21(23)20-18-13-8-6-4-2-3-5-7-9-14-19(18)20/h4-7,10-12,15,18-20H,2-3,8-9,13-14H2,1H3,(H,22,23). The molecule has 0 bridgehead atoms. The molecule has 1 fully saturated rings. The lowest BCUT2D eigenvalue weighted by atomic mass is 10.1. The first kappa shape index (κ1) is 16.8. The van der Waals surface area contributed by atoms with E-state index in [9.17, 15) is 4.79 Å². The Kier molecular flexibility index (Phi) is 5.73. The molecule has 3 nitrogen and oxygen atoms in total. The first-order valence-electron chi connectivity index (χ1n) is 9.04. The first-order chi connectivity index (χ1) is 11.8. The first-order valence-corrected chi connectivity index (χ1v) is 9.04. The van der Waals surface area contributed by atoms with Crippen molar-refractivity contribution in [1.29, 1.82) is 0 Å². The van der Waals surface area contributed by atoms with Gasteiger partial charge in [0, 0.05) is 17.7 Å². The van der Waals surface area contributed by atoms with E-state index in [-0.39, 0.29) is 11.8 Å². The molecule has 1 N–H and O–H groups in total. The van der Waals surface area contributed by atoms with Gasteiger partial charge in [-0.05, 0) is 62.5 Å². The van der Waals surface area contributed by atoms with E-state index < -0.39 is 0 Å². The van der Waals surface area contributed by atoms with Crippen LogP contribution in [-0.4, -0.2) is 13.0 Å². The number of amides is 1. The Morgan fingerprint density at radius 2 is 1.62 bits per heavy atom.